The predicted octanol–water partition coefficient (Wildman–Crippen LogP) is 2.39. The van der Waals surface area contributed by atoms with Gasteiger partial charge in [0.15, 0.2) is 0 Å². The van der Waals surface area contributed by atoms with E-state index in [1.807, 2.05) is 0 Å². The lowest BCUT2D eigenvalue weighted by molar-refractivity contribution is 0.431. The molecule has 0 fully saturated rings. The summed E-state index contributed by atoms with van der Waals surface area (Å²) in [6.45, 7) is 0. The number of alkyl halides is 1. The summed E-state index contributed by atoms with van der Waals surface area (Å²) in [5, 5.41) is 0. The van der Waals surface area contributed by atoms with Gasteiger partial charge >= 0.3 is 10.1 Å². The van der Waals surface area contributed by atoms with Crippen LogP contribution in [0.4, 0.5) is 8.78 Å². The first kappa shape index (κ1) is 12.0. The maximum absolute atomic E-state index is 13.0. The van der Waals surface area contributed by atoms with Gasteiger partial charge in [0.25, 0.3) is 0 Å². The number of rotatable bonds is 3. The first-order valence-corrected chi connectivity index (χ1v) is 6.56. The van der Waals surface area contributed by atoms with Crippen LogP contribution in [0.15, 0.2) is 24.3 Å². The SMILES string of the molecule is O=S(=O)(CF)OC1=CCCc2cc(F)ccc21. The third kappa shape index (κ3) is 2.63. The molecule has 17 heavy (non-hydrogen) atoms. The number of fused-ring (bicyclic) bond motifs is 1. The molecule has 1 aromatic rings. The molecule has 1 aromatic carbocycles. The molecule has 6 heteroatoms. The Bertz CT molecular complexity index is 564. The van der Waals surface area contributed by atoms with Gasteiger partial charge in [-0.3, -0.25) is 0 Å². The van der Waals surface area contributed by atoms with Gasteiger partial charge in [-0.25, -0.2) is 8.78 Å². The molecule has 0 aliphatic heterocycles. The van der Waals surface area contributed by atoms with Crippen LogP contribution < -0.4 is 0 Å². The Balaban J connectivity index is 2.36. The smallest absolute Gasteiger partial charge is 0.339 e. The molecule has 92 valence electrons. The quantitative estimate of drug-likeness (QED) is 0.784. The second-order valence-electron chi connectivity index (χ2n) is 3.66. The molecule has 0 aromatic heterocycles. The second kappa shape index (κ2) is 4.44. The van der Waals surface area contributed by atoms with Gasteiger partial charge in [0.1, 0.15) is 11.6 Å². The highest BCUT2D eigenvalue weighted by Gasteiger charge is 2.20. The molecular weight excluding hydrogens is 250 g/mol. The maximum atomic E-state index is 13.0. The van der Waals surface area contributed by atoms with Gasteiger partial charge in [-0.2, -0.15) is 8.42 Å². The molecule has 1 aliphatic rings. The third-order valence-electron chi connectivity index (χ3n) is 2.43. The van der Waals surface area contributed by atoms with Crippen molar-refractivity contribution < 1.29 is 21.4 Å². The van der Waals surface area contributed by atoms with Crippen molar-refractivity contribution >= 4 is 15.9 Å². The highest BCUT2D eigenvalue weighted by molar-refractivity contribution is 7.86. The first-order valence-electron chi connectivity index (χ1n) is 4.99. The van der Waals surface area contributed by atoms with Gasteiger partial charge in [0.05, 0.1) is 0 Å². The summed E-state index contributed by atoms with van der Waals surface area (Å²) in [6.07, 6.45) is 2.71. The Morgan fingerprint density at radius 1 is 1.35 bits per heavy atom. The molecule has 0 atom stereocenters. The number of halogens is 2. The Morgan fingerprint density at radius 2 is 2.12 bits per heavy atom. The fourth-order valence-corrected chi connectivity index (χ4v) is 2.19. The van der Waals surface area contributed by atoms with Crippen molar-refractivity contribution in [2.45, 2.75) is 12.8 Å². The Labute approximate surface area is 97.8 Å². The van der Waals surface area contributed by atoms with E-state index in [9.17, 15) is 17.2 Å². The summed E-state index contributed by atoms with van der Waals surface area (Å²) in [6, 6.07) is 2.39. The number of aryl methyl sites for hydroxylation is 1. The summed E-state index contributed by atoms with van der Waals surface area (Å²) >= 11 is 0. The van der Waals surface area contributed by atoms with Gasteiger partial charge in [0, 0.05) is 5.56 Å². The van der Waals surface area contributed by atoms with Crippen molar-refractivity contribution in [2.24, 2.45) is 0 Å². The van der Waals surface area contributed by atoms with Crippen molar-refractivity contribution in [3.05, 3.63) is 41.2 Å². The average molecular weight is 260 g/mol. The minimum absolute atomic E-state index is 0.0731. The third-order valence-corrected chi connectivity index (χ3v) is 3.13. The summed E-state index contributed by atoms with van der Waals surface area (Å²) in [4.78, 5) is 0. The van der Waals surface area contributed by atoms with E-state index < -0.39 is 21.9 Å². The zero-order valence-electron chi connectivity index (χ0n) is 8.82. The van der Waals surface area contributed by atoms with E-state index in [4.69, 9.17) is 0 Å². The topological polar surface area (TPSA) is 43.4 Å². The normalized spacial score (nSPS) is 15.1. The van der Waals surface area contributed by atoms with Crippen molar-refractivity contribution in [3.8, 4) is 0 Å². The first-order chi connectivity index (χ1) is 8.02. The fraction of sp³-hybridized carbons (Fsp3) is 0.273. The molecule has 0 unspecified atom stereocenters. The van der Waals surface area contributed by atoms with Crippen LogP contribution >= 0.6 is 0 Å². The van der Waals surface area contributed by atoms with Crippen LogP contribution in [0, 0.1) is 5.82 Å². The molecule has 0 radical (unpaired) electrons. The van der Waals surface area contributed by atoms with Crippen molar-refractivity contribution in [1.82, 2.24) is 0 Å². The lowest BCUT2D eigenvalue weighted by atomic mass is 9.96. The molecule has 0 spiro atoms. The van der Waals surface area contributed by atoms with Crippen LogP contribution in [0.2, 0.25) is 0 Å². The minimum atomic E-state index is -4.20. The standard InChI is InChI=1S/C11H10F2O3S/c12-7-17(14,15)16-11-3-1-2-8-6-9(13)4-5-10(8)11/h3-6H,1-2,7H2. The highest BCUT2D eigenvalue weighted by Crippen LogP contribution is 2.29. The monoisotopic (exact) mass is 260 g/mol. The molecule has 3 nitrogen and oxygen atoms in total. The molecular formula is C11H10F2O3S. The van der Waals surface area contributed by atoms with E-state index in [-0.39, 0.29) is 5.76 Å². The molecule has 0 saturated carbocycles. The van der Waals surface area contributed by atoms with Crippen molar-refractivity contribution in [3.63, 3.8) is 0 Å². The van der Waals surface area contributed by atoms with Gasteiger partial charge in [0.2, 0.25) is 6.01 Å². The Kier molecular flexibility index (Phi) is 3.15. The lowest BCUT2D eigenvalue weighted by Crippen LogP contribution is -2.10. The number of hydrogen-bond donors (Lipinski definition) is 0. The largest absolute Gasteiger partial charge is 0.380 e. The maximum Gasteiger partial charge on any atom is 0.339 e. The van der Waals surface area contributed by atoms with E-state index in [2.05, 4.69) is 4.18 Å². The Morgan fingerprint density at radius 3 is 2.82 bits per heavy atom. The highest BCUT2D eigenvalue weighted by atomic mass is 32.2. The zero-order chi connectivity index (χ0) is 12.5. The molecule has 0 saturated heterocycles. The van der Waals surface area contributed by atoms with Crippen LogP contribution in [0.1, 0.15) is 17.5 Å². The van der Waals surface area contributed by atoms with Crippen molar-refractivity contribution in [2.75, 3.05) is 6.01 Å². The van der Waals surface area contributed by atoms with E-state index in [1.165, 1.54) is 18.2 Å². The zero-order valence-corrected chi connectivity index (χ0v) is 9.64. The van der Waals surface area contributed by atoms with Crippen LogP contribution in [0.3, 0.4) is 0 Å². The summed E-state index contributed by atoms with van der Waals surface area (Å²) in [5.41, 5.74) is 1.16. The average Bonchev–Trinajstić information content (AvgIpc) is 2.28. The lowest BCUT2D eigenvalue weighted by Gasteiger charge is -2.17. The molecule has 0 N–H and O–H groups in total. The van der Waals surface area contributed by atoms with Crippen LogP contribution in [-0.4, -0.2) is 14.4 Å². The summed E-state index contributed by atoms with van der Waals surface area (Å²) in [5.74, 6) is -0.317. The molecule has 2 rings (SSSR count). The molecule has 1 aliphatic carbocycles. The van der Waals surface area contributed by atoms with E-state index >= 15 is 0 Å². The molecule has 0 amide bonds. The molecule has 0 bridgehead atoms. The number of allylic oxidation sites excluding steroid dienone is 1. The van der Waals surface area contributed by atoms with Crippen LogP contribution in [0.5, 0.6) is 0 Å². The minimum Gasteiger partial charge on any atom is -0.380 e. The van der Waals surface area contributed by atoms with Gasteiger partial charge in [-0.15, -0.1) is 0 Å². The van der Waals surface area contributed by atoms with E-state index in [0.29, 0.717) is 24.0 Å². The Hall–Kier alpha value is -1.43. The van der Waals surface area contributed by atoms with Crippen molar-refractivity contribution in [1.29, 1.82) is 0 Å². The van der Waals surface area contributed by atoms with Gasteiger partial charge in [-0.05, 0) is 42.7 Å². The second-order valence-corrected chi connectivity index (χ2v) is 5.16. The van der Waals surface area contributed by atoms with Crippen LogP contribution in [-0.2, 0) is 20.7 Å². The summed E-state index contributed by atoms with van der Waals surface area (Å²) in [7, 11) is -4.20. The van der Waals surface area contributed by atoms with Gasteiger partial charge in [-0.1, -0.05) is 0 Å². The fourth-order valence-electron chi connectivity index (χ4n) is 1.72. The van der Waals surface area contributed by atoms with E-state index in [0.717, 1.165) is 0 Å². The molecule has 0 heterocycles. The summed E-state index contributed by atoms with van der Waals surface area (Å²) < 4.78 is 51.8. The van der Waals surface area contributed by atoms with Gasteiger partial charge < -0.3 is 4.18 Å². The van der Waals surface area contributed by atoms with Crippen LogP contribution in [0.25, 0.3) is 5.76 Å². The predicted molar refractivity (Wildman–Crippen MR) is 58.7 cm³/mol. The van der Waals surface area contributed by atoms with E-state index in [1.54, 1.807) is 6.08 Å². The number of benzene rings is 1. The number of hydrogen-bond acceptors (Lipinski definition) is 3.